The minimum absolute atomic E-state index is 0.00822. The first kappa shape index (κ1) is 16.8. The molecule has 0 saturated carbocycles. The van der Waals surface area contributed by atoms with E-state index in [9.17, 15) is 13.2 Å². The molecule has 1 fully saturated rings. The van der Waals surface area contributed by atoms with Crippen molar-refractivity contribution in [3.05, 3.63) is 0 Å². The number of rotatable bonds is 5. The highest BCUT2D eigenvalue weighted by Crippen LogP contribution is 2.24. The second-order valence-corrected chi connectivity index (χ2v) is 6.74. The summed E-state index contributed by atoms with van der Waals surface area (Å²) in [5.41, 5.74) is -0.00822. The lowest BCUT2D eigenvalue weighted by Gasteiger charge is -2.45. The second kappa shape index (κ2) is 6.44. The minimum atomic E-state index is -4.03. The van der Waals surface area contributed by atoms with Crippen molar-refractivity contribution < 1.29 is 13.2 Å². The van der Waals surface area contributed by atoms with Crippen LogP contribution >= 0.6 is 0 Å². The Hall–Kier alpha value is -0.290. The summed E-state index contributed by atoms with van der Waals surface area (Å²) in [6, 6.07) is 0.362. The highest BCUT2D eigenvalue weighted by atomic mass is 19.4. The van der Waals surface area contributed by atoms with E-state index in [1.54, 1.807) is 0 Å². The molecule has 1 saturated heterocycles. The summed E-state index contributed by atoms with van der Waals surface area (Å²) in [4.78, 5) is 2.24. The van der Waals surface area contributed by atoms with Gasteiger partial charge in [-0.3, -0.25) is 4.90 Å². The van der Waals surface area contributed by atoms with Gasteiger partial charge in [-0.15, -0.1) is 0 Å². The molecule has 1 N–H and O–H groups in total. The molecule has 1 aliphatic rings. The lowest BCUT2D eigenvalue weighted by molar-refractivity contribution is -0.136. The maximum absolute atomic E-state index is 12.2. The smallest absolute Gasteiger partial charge is 0.309 e. The lowest BCUT2D eigenvalue weighted by atomic mass is 9.94. The van der Waals surface area contributed by atoms with Gasteiger partial charge >= 0.3 is 6.18 Å². The largest absolute Gasteiger partial charge is 0.389 e. The van der Waals surface area contributed by atoms with E-state index in [4.69, 9.17) is 0 Å². The van der Waals surface area contributed by atoms with Crippen LogP contribution in [0.4, 0.5) is 13.2 Å². The van der Waals surface area contributed by atoms with Crippen LogP contribution in [0.3, 0.4) is 0 Å². The van der Waals surface area contributed by atoms with Crippen molar-refractivity contribution in [1.29, 1.82) is 0 Å². The van der Waals surface area contributed by atoms with Gasteiger partial charge in [0.05, 0.1) is 0 Å². The highest BCUT2D eigenvalue weighted by Gasteiger charge is 2.33. The molecule has 0 bridgehead atoms. The zero-order valence-electron chi connectivity index (χ0n) is 12.5. The Morgan fingerprint density at radius 2 is 1.95 bits per heavy atom. The normalized spacial score (nSPS) is 24.9. The molecule has 1 aliphatic heterocycles. The van der Waals surface area contributed by atoms with Crippen molar-refractivity contribution in [3.63, 3.8) is 0 Å². The Kier molecular flexibility index (Phi) is 5.68. The number of hydrogen-bond donors (Lipinski definition) is 1. The minimum Gasteiger partial charge on any atom is -0.309 e. The summed E-state index contributed by atoms with van der Waals surface area (Å²) >= 11 is 0. The van der Waals surface area contributed by atoms with Crippen molar-refractivity contribution in [2.75, 3.05) is 19.6 Å². The molecule has 1 rings (SSSR count). The molecule has 114 valence electrons. The van der Waals surface area contributed by atoms with Gasteiger partial charge in [-0.1, -0.05) is 13.8 Å². The van der Waals surface area contributed by atoms with Gasteiger partial charge in [-0.25, -0.2) is 0 Å². The Morgan fingerprint density at radius 1 is 1.32 bits per heavy atom. The Morgan fingerprint density at radius 3 is 2.47 bits per heavy atom. The van der Waals surface area contributed by atoms with E-state index in [1.165, 1.54) is 0 Å². The van der Waals surface area contributed by atoms with Crippen LogP contribution in [0.2, 0.25) is 0 Å². The van der Waals surface area contributed by atoms with Crippen molar-refractivity contribution in [3.8, 4) is 0 Å². The predicted molar refractivity (Wildman–Crippen MR) is 72.2 cm³/mol. The molecule has 0 radical (unpaired) electrons. The van der Waals surface area contributed by atoms with Crippen molar-refractivity contribution in [2.24, 2.45) is 5.92 Å². The SMILES string of the molecule is CC(C)CC1CNC(C)(C)CN1CCCC(F)(F)F. The molecule has 0 spiro atoms. The molecule has 2 nitrogen and oxygen atoms in total. The second-order valence-electron chi connectivity index (χ2n) is 6.74. The van der Waals surface area contributed by atoms with Crippen molar-refractivity contribution in [1.82, 2.24) is 10.2 Å². The first-order valence-electron chi connectivity index (χ1n) is 7.15. The summed E-state index contributed by atoms with van der Waals surface area (Å²) < 4.78 is 36.7. The number of alkyl halides is 3. The monoisotopic (exact) mass is 280 g/mol. The third kappa shape index (κ3) is 6.61. The zero-order valence-corrected chi connectivity index (χ0v) is 12.5. The van der Waals surface area contributed by atoms with Gasteiger partial charge in [-0.2, -0.15) is 13.2 Å². The third-order valence-corrected chi connectivity index (χ3v) is 3.58. The fourth-order valence-corrected chi connectivity index (χ4v) is 2.74. The van der Waals surface area contributed by atoms with Crippen LogP contribution in [0.15, 0.2) is 0 Å². The fraction of sp³-hybridized carbons (Fsp3) is 1.00. The van der Waals surface area contributed by atoms with E-state index in [1.807, 2.05) is 0 Å². The molecule has 1 heterocycles. The standard InChI is InChI=1S/C14H27F3N2/c1-11(2)8-12-9-18-13(3,4)10-19(12)7-5-6-14(15,16)17/h11-12,18H,5-10H2,1-4H3. The highest BCUT2D eigenvalue weighted by molar-refractivity contribution is 4.92. The van der Waals surface area contributed by atoms with E-state index in [2.05, 4.69) is 37.9 Å². The van der Waals surface area contributed by atoms with E-state index >= 15 is 0 Å². The van der Waals surface area contributed by atoms with E-state index < -0.39 is 12.6 Å². The van der Waals surface area contributed by atoms with Crippen LogP contribution in [0.1, 0.15) is 47.0 Å². The van der Waals surface area contributed by atoms with E-state index in [-0.39, 0.29) is 12.0 Å². The Labute approximate surface area is 114 Å². The molecular weight excluding hydrogens is 253 g/mol. The Bertz CT molecular complexity index is 274. The van der Waals surface area contributed by atoms with Crippen LogP contribution in [0.5, 0.6) is 0 Å². The Balaban J connectivity index is 2.51. The summed E-state index contributed by atoms with van der Waals surface area (Å²) in [7, 11) is 0. The molecule has 0 aromatic heterocycles. The topological polar surface area (TPSA) is 15.3 Å². The molecule has 5 heteroatoms. The maximum Gasteiger partial charge on any atom is 0.389 e. The number of hydrogen-bond acceptors (Lipinski definition) is 2. The first-order valence-corrected chi connectivity index (χ1v) is 7.15. The molecule has 19 heavy (non-hydrogen) atoms. The van der Waals surface area contributed by atoms with Gasteiger partial charge in [0.15, 0.2) is 0 Å². The molecule has 0 aromatic carbocycles. The number of nitrogens with zero attached hydrogens (tertiary/aromatic N) is 1. The quantitative estimate of drug-likeness (QED) is 0.830. The molecule has 0 amide bonds. The van der Waals surface area contributed by atoms with Crippen LogP contribution in [-0.2, 0) is 0 Å². The van der Waals surface area contributed by atoms with Gasteiger partial charge in [0.2, 0.25) is 0 Å². The number of nitrogens with one attached hydrogen (secondary N) is 1. The van der Waals surface area contributed by atoms with Gasteiger partial charge in [0, 0.05) is 31.1 Å². The molecule has 0 aromatic rings. The lowest BCUT2D eigenvalue weighted by Crippen LogP contribution is -2.61. The first-order chi connectivity index (χ1) is 8.59. The van der Waals surface area contributed by atoms with E-state index in [0.29, 0.717) is 18.5 Å². The zero-order chi connectivity index (χ0) is 14.7. The van der Waals surface area contributed by atoms with E-state index in [0.717, 1.165) is 19.5 Å². The van der Waals surface area contributed by atoms with Crippen LogP contribution < -0.4 is 5.32 Å². The number of piperazine rings is 1. The van der Waals surface area contributed by atoms with Crippen molar-refractivity contribution >= 4 is 0 Å². The summed E-state index contributed by atoms with van der Waals surface area (Å²) in [6.07, 6.45) is -3.47. The summed E-state index contributed by atoms with van der Waals surface area (Å²) in [5.74, 6) is 0.568. The predicted octanol–water partition coefficient (Wildman–Crippen LogP) is 3.43. The summed E-state index contributed by atoms with van der Waals surface area (Å²) in [6.45, 7) is 10.8. The van der Waals surface area contributed by atoms with Gasteiger partial charge < -0.3 is 5.32 Å². The summed E-state index contributed by atoms with van der Waals surface area (Å²) in [5, 5.41) is 3.49. The average molecular weight is 280 g/mol. The van der Waals surface area contributed by atoms with Gasteiger partial charge in [0.1, 0.15) is 0 Å². The average Bonchev–Trinajstić information content (AvgIpc) is 2.19. The van der Waals surface area contributed by atoms with Gasteiger partial charge in [-0.05, 0) is 39.2 Å². The molecular formula is C14H27F3N2. The number of halogens is 3. The molecule has 1 atom stereocenters. The molecule has 1 unspecified atom stereocenters. The van der Waals surface area contributed by atoms with Crippen LogP contribution in [-0.4, -0.2) is 42.3 Å². The van der Waals surface area contributed by atoms with Crippen LogP contribution in [0.25, 0.3) is 0 Å². The fourth-order valence-electron chi connectivity index (χ4n) is 2.74. The molecule has 0 aliphatic carbocycles. The third-order valence-electron chi connectivity index (χ3n) is 3.58. The van der Waals surface area contributed by atoms with Crippen molar-refractivity contribution in [2.45, 2.75) is 64.7 Å². The van der Waals surface area contributed by atoms with Gasteiger partial charge in [0.25, 0.3) is 0 Å². The maximum atomic E-state index is 12.2. The van der Waals surface area contributed by atoms with Crippen LogP contribution in [0, 0.1) is 5.92 Å².